The average Bonchev–Trinajstić information content (AvgIpc) is 3.27. The molecule has 0 spiro atoms. The van der Waals surface area contributed by atoms with E-state index in [1.165, 1.54) is 0 Å². The van der Waals surface area contributed by atoms with Crippen molar-refractivity contribution in [3.05, 3.63) is 76.7 Å². The number of pyridine rings is 1. The molecule has 2 atom stereocenters. The fourth-order valence-electron chi connectivity index (χ4n) is 4.12. The Balaban J connectivity index is 1.67. The second kappa shape index (κ2) is 9.57. The van der Waals surface area contributed by atoms with Crippen molar-refractivity contribution in [1.29, 1.82) is 0 Å². The lowest BCUT2D eigenvalue weighted by molar-refractivity contribution is -0.519. The van der Waals surface area contributed by atoms with Crippen LogP contribution < -0.4 is 10.6 Å². The van der Waals surface area contributed by atoms with Crippen LogP contribution in [0.15, 0.2) is 66.6 Å². The van der Waals surface area contributed by atoms with Gasteiger partial charge in [0, 0.05) is 35.2 Å². The topological polar surface area (TPSA) is 123 Å². The summed E-state index contributed by atoms with van der Waals surface area (Å²) in [5.41, 5.74) is 2.05. The van der Waals surface area contributed by atoms with E-state index >= 15 is 0 Å². The molecule has 0 amide bonds. The van der Waals surface area contributed by atoms with Gasteiger partial charge in [0.2, 0.25) is 0 Å². The van der Waals surface area contributed by atoms with E-state index in [-0.39, 0.29) is 4.92 Å². The van der Waals surface area contributed by atoms with Gasteiger partial charge < -0.3 is 20.3 Å². The molecule has 3 aromatic heterocycles. The number of hydrogen-bond donors (Lipinski definition) is 2. The Kier molecular flexibility index (Phi) is 6.57. The Morgan fingerprint density at radius 2 is 2.15 bits per heavy atom. The van der Waals surface area contributed by atoms with E-state index in [4.69, 9.17) is 4.74 Å². The van der Waals surface area contributed by atoms with Crippen LogP contribution in [0.1, 0.15) is 6.42 Å². The molecule has 0 bridgehead atoms. The molecule has 0 radical (unpaired) electrons. The zero-order valence-electron chi connectivity index (χ0n) is 19.6. The van der Waals surface area contributed by atoms with E-state index in [1.54, 1.807) is 49.4 Å². The van der Waals surface area contributed by atoms with Crippen LogP contribution in [0.4, 0.5) is 5.82 Å². The Bertz CT molecular complexity index is 1250. The van der Waals surface area contributed by atoms with Crippen LogP contribution in [0.25, 0.3) is 16.8 Å². The Morgan fingerprint density at radius 3 is 2.85 bits per heavy atom. The number of hydrogen-bond acceptors (Lipinski definition) is 9. The summed E-state index contributed by atoms with van der Waals surface area (Å²) in [6.07, 6.45) is 10.9. The highest BCUT2D eigenvalue weighted by molar-refractivity contribution is 5.78. The first kappa shape index (κ1) is 23.3. The minimum absolute atomic E-state index is 0.273. The van der Waals surface area contributed by atoms with Gasteiger partial charge in [-0.3, -0.25) is 10.1 Å². The lowest BCUT2D eigenvalue weighted by atomic mass is 9.81. The summed E-state index contributed by atoms with van der Waals surface area (Å²) >= 11 is 0. The number of nitrogens with zero attached hydrogens (tertiary/aromatic N) is 6. The highest BCUT2D eigenvalue weighted by Gasteiger charge is 2.46. The van der Waals surface area contributed by atoms with Crippen molar-refractivity contribution in [3.8, 4) is 11.1 Å². The summed E-state index contributed by atoms with van der Waals surface area (Å²) < 4.78 is 7.33. The van der Waals surface area contributed by atoms with Crippen LogP contribution in [-0.2, 0) is 4.74 Å². The first-order valence-electron chi connectivity index (χ1n) is 10.8. The van der Waals surface area contributed by atoms with Gasteiger partial charge in [-0.2, -0.15) is 5.10 Å². The highest BCUT2D eigenvalue weighted by Crippen LogP contribution is 2.33. The summed E-state index contributed by atoms with van der Waals surface area (Å²) in [5.74, 6) is 1.03. The molecule has 0 aromatic carbocycles. The van der Waals surface area contributed by atoms with E-state index in [0.29, 0.717) is 30.2 Å². The molecule has 0 saturated heterocycles. The minimum atomic E-state index is -0.995. The van der Waals surface area contributed by atoms with Gasteiger partial charge in [0.1, 0.15) is 17.1 Å². The van der Waals surface area contributed by atoms with Gasteiger partial charge in [0.25, 0.3) is 6.04 Å². The average molecular weight is 465 g/mol. The van der Waals surface area contributed by atoms with Gasteiger partial charge in [-0.05, 0) is 63.9 Å². The van der Waals surface area contributed by atoms with Crippen molar-refractivity contribution in [2.75, 3.05) is 40.1 Å². The third-order valence-corrected chi connectivity index (χ3v) is 6.00. The molecule has 0 saturated carbocycles. The maximum absolute atomic E-state index is 12.1. The number of nitrogens with one attached hydrogen (secondary N) is 2. The quantitative estimate of drug-likeness (QED) is 0.362. The van der Waals surface area contributed by atoms with Crippen LogP contribution in [0.3, 0.4) is 0 Å². The third-order valence-electron chi connectivity index (χ3n) is 6.00. The number of fused-ring (bicyclic) bond motifs is 1. The summed E-state index contributed by atoms with van der Waals surface area (Å²) in [6.45, 7) is 0.673. The van der Waals surface area contributed by atoms with Gasteiger partial charge in [0.15, 0.2) is 5.65 Å². The smallest absolute Gasteiger partial charge is 0.255 e. The number of ether oxygens (including phenoxy) is 1. The van der Waals surface area contributed by atoms with Gasteiger partial charge in [-0.15, -0.1) is 0 Å². The summed E-state index contributed by atoms with van der Waals surface area (Å²) in [5, 5.41) is 22.8. The van der Waals surface area contributed by atoms with Crippen molar-refractivity contribution in [1.82, 2.24) is 29.8 Å². The van der Waals surface area contributed by atoms with Gasteiger partial charge >= 0.3 is 0 Å². The van der Waals surface area contributed by atoms with Gasteiger partial charge in [0.05, 0.1) is 19.0 Å². The lowest BCUT2D eigenvalue weighted by Crippen LogP contribution is -2.57. The van der Waals surface area contributed by atoms with Crippen LogP contribution in [0.2, 0.25) is 0 Å². The molecule has 0 aliphatic heterocycles. The van der Waals surface area contributed by atoms with E-state index in [2.05, 4.69) is 25.7 Å². The molecule has 0 fully saturated rings. The fraction of sp³-hybridized carbons (Fsp3) is 0.348. The second-order valence-electron chi connectivity index (χ2n) is 8.37. The zero-order valence-corrected chi connectivity index (χ0v) is 19.6. The zero-order chi connectivity index (χ0) is 24.3. The van der Waals surface area contributed by atoms with Crippen LogP contribution in [-0.4, -0.2) is 75.8 Å². The first-order chi connectivity index (χ1) is 16.4. The summed E-state index contributed by atoms with van der Waals surface area (Å²) in [4.78, 5) is 22.6. The number of nitro groups is 1. The molecular weight excluding hydrogens is 436 g/mol. The predicted octanol–water partition coefficient (Wildman–Crippen LogP) is 2.19. The monoisotopic (exact) mass is 464 g/mol. The molecule has 4 rings (SSSR count). The van der Waals surface area contributed by atoms with E-state index in [1.807, 2.05) is 43.4 Å². The van der Waals surface area contributed by atoms with Crippen molar-refractivity contribution < 1.29 is 9.66 Å². The number of likely N-dealkylation sites (N-methyl/N-ethyl adjacent to an activating group) is 1. The summed E-state index contributed by atoms with van der Waals surface area (Å²) in [7, 11) is 7.16. The molecule has 34 heavy (non-hydrogen) atoms. The number of aromatic nitrogens is 4. The van der Waals surface area contributed by atoms with Crippen molar-refractivity contribution in [2.24, 2.45) is 0 Å². The number of rotatable bonds is 9. The molecule has 3 heterocycles. The third kappa shape index (κ3) is 4.47. The van der Waals surface area contributed by atoms with E-state index in [0.717, 1.165) is 16.8 Å². The standard InChI is InChI=1S/C23H28N8O3/c1-24-23(7-11-29(2)3)14-19(34-4)18(13-20(23)31(32)33)28-21-12-16(6-9-25-21)17-15-27-30-10-5-8-26-22(17)30/h5-6,8-10,12-15,20,24H,7,11H2,1-4H3,(H,25,28). The van der Waals surface area contributed by atoms with Crippen LogP contribution in [0, 0.1) is 10.1 Å². The van der Waals surface area contributed by atoms with Crippen LogP contribution in [0.5, 0.6) is 0 Å². The Morgan fingerprint density at radius 1 is 1.32 bits per heavy atom. The second-order valence-corrected chi connectivity index (χ2v) is 8.37. The molecule has 1 aliphatic carbocycles. The van der Waals surface area contributed by atoms with Gasteiger partial charge in [-0.1, -0.05) is 0 Å². The number of anilines is 1. The van der Waals surface area contributed by atoms with E-state index in [9.17, 15) is 10.1 Å². The molecule has 178 valence electrons. The predicted molar refractivity (Wildman–Crippen MR) is 129 cm³/mol. The van der Waals surface area contributed by atoms with Crippen molar-refractivity contribution in [2.45, 2.75) is 18.0 Å². The summed E-state index contributed by atoms with van der Waals surface area (Å²) in [6, 6.07) is 4.54. The fourth-order valence-corrected chi connectivity index (χ4v) is 4.12. The largest absolute Gasteiger partial charge is 0.495 e. The Labute approximate surface area is 197 Å². The molecule has 11 heteroatoms. The highest BCUT2D eigenvalue weighted by atomic mass is 16.6. The normalized spacial score (nSPS) is 20.2. The minimum Gasteiger partial charge on any atom is -0.495 e. The van der Waals surface area contributed by atoms with E-state index < -0.39 is 11.6 Å². The Hall–Kier alpha value is -3.83. The maximum atomic E-state index is 12.1. The molecule has 11 nitrogen and oxygen atoms in total. The molecule has 3 aromatic rings. The van der Waals surface area contributed by atoms with Crippen molar-refractivity contribution in [3.63, 3.8) is 0 Å². The number of methoxy groups -OCH3 is 1. The van der Waals surface area contributed by atoms with Crippen molar-refractivity contribution >= 4 is 11.5 Å². The molecule has 1 aliphatic rings. The molecular formula is C23H28N8O3. The maximum Gasteiger partial charge on any atom is 0.255 e. The SMILES string of the molecule is CNC1(CCN(C)C)C=C(OC)C(Nc2cc(-c3cnn4cccnc34)ccn2)=CC1[N+](=O)[O-]. The molecule has 2 N–H and O–H groups in total. The lowest BCUT2D eigenvalue weighted by Gasteiger charge is -2.36. The first-order valence-corrected chi connectivity index (χ1v) is 10.8. The molecule has 2 unspecified atom stereocenters. The van der Waals surface area contributed by atoms with Gasteiger partial charge in [-0.25, -0.2) is 14.5 Å². The van der Waals surface area contributed by atoms with Crippen LogP contribution >= 0.6 is 0 Å².